The van der Waals surface area contributed by atoms with Crippen LogP contribution in [0.15, 0.2) is 46.2 Å². The average Bonchev–Trinajstić information content (AvgIpc) is 3.34. The number of benzene rings is 2. The summed E-state index contributed by atoms with van der Waals surface area (Å²) in [5.41, 5.74) is 0.189. The minimum Gasteiger partial charge on any atom is -0.547 e. The van der Waals surface area contributed by atoms with Gasteiger partial charge in [0, 0.05) is 11.1 Å². The van der Waals surface area contributed by atoms with E-state index in [-0.39, 0.29) is 11.0 Å². The zero-order chi connectivity index (χ0) is 23.0. The number of sulfone groups is 1. The van der Waals surface area contributed by atoms with Crippen molar-refractivity contribution in [3.63, 3.8) is 0 Å². The molecule has 1 fully saturated rings. The number of epoxide rings is 1. The summed E-state index contributed by atoms with van der Waals surface area (Å²) in [6.45, 7) is 16.2. The van der Waals surface area contributed by atoms with Gasteiger partial charge in [-0.25, -0.2) is 8.42 Å². The Labute approximate surface area is 187 Å². The second kappa shape index (κ2) is 6.83. The third-order valence-corrected chi connectivity index (χ3v) is 8.85. The van der Waals surface area contributed by atoms with Crippen molar-refractivity contribution in [3.8, 4) is 11.5 Å². The summed E-state index contributed by atoms with van der Waals surface area (Å²) in [5, 5.41) is 0. The molecule has 0 aliphatic carbocycles. The summed E-state index contributed by atoms with van der Waals surface area (Å²) in [6.07, 6.45) is -0.162. The zero-order valence-corrected chi connectivity index (χ0v) is 21.5. The predicted molar refractivity (Wildman–Crippen MR) is 123 cm³/mol. The minimum absolute atomic E-state index is 0.162. The van der Waals surface area contributed by atoms with Crippen LogP contribution in [0.5, 0.6) is 11.5 Å². The maximum Gasteiger partial charge on any atom is 0.229 e. The molecular formula is C24H32O5SSi. The van der Waals surface area contributed by atoms with Gasteiger partial charge in [0.2, 0.25) is 18.9 Å². The first kappa shape index (κ1) is 22.4. The summed E-state index contributed by atoms with van der Waals surface area (Å²) in [7, 11) is -5.19. The van der Waals surface area contributed by atoms with Crippen molar-refractivity contribution in [2.45, 2.75) is 87.1 Å². The van der Waals surface area contributed by atoms with E-state index in [0.29, 0.717) is 16.4 Å². The van der Waals surface area contributed by atoms with E-state index in [0.717, 1.165) is 11.1 Å². The van der Waals surface area contributed by atoms with Gasteiger partial charge in [0.05, 0.1) is 9.79 Å². The van der Waals surface area contributed by atoms with E-state index < -0.39 is 35.5 Å². The van der Waals surface area contributed by atoms with Crippen molar-refractivity contribution in [1.29, 1.82) is 0 Å². The molecule has 0 saturated carbocycles. The normalized spacial score (nSPS) is 24.2. The lowest BCUT2D eigenvalue weighted by Gasteiger charge is -2.35. The van der Waals surface area contributed by atoms with Crippen LogP contribution in [0.3, 0.4) is 0 Å². The molecule has 2 atom stereocenters. The fourth-order valence-electron chi connectivity index (χ4n) is 4.35. The molecule has 0 unspecified atom stereocenters. The highest BCUT2D eigenvalue weighted by molar-refractivity contribution is 7.91. The van der Waals surface area contributed by atoms with Crippen molar-refractivity contribution in [1.82, 2.24) is 0 Å². The Balaban J connectivity index is 1.85. The van der Waals surface area contributed by atoms with Gasteiger partial charge in [-0.05, 0) is 69.6 Å². The van der Waals surface area contributed by atoms with Crippen LogP contribution in [-0.4, -0.2) is 28.7 Å². The maximum atomic E-state index is 13.8. The van der Waals surface area contributed by atoms with Crippen molar-refractivity contribution >= 4 is 18.9 Å². The molecule has 31 heavy (non-hydrogen) atoms. The van der Waals surface area contributed by atoms with Gasteiger partial charge in [-0.15, -0.1) is 0 Å². The quantitative estimate of drug-likeness (QED) is 0.465. The number of hydrogen-bond acceptors (Lipinski definition) is 5. The monoisotopic (exact) mass is 460 g/mol. The van der Waals surface area contributed by atoms with Crippen molar-refractivity contribution < 1.29 is 22.3 Å². The topological polar surface area (TPSA) is 65.1 Å². The van der Waals surface area contributed by atoms with Crippen molar-refractivity contribution in [3.05, 3.63) is 47.5 Å². The Morgan fingerprint density at radius 3 is 2.35 bits per heavy atom. The Hall–Kier alpha value is -1.83. The van der Waals surface area contributed by atoms with Gasteiger partial charge in [0.1, 0.15) is 28.8 Å². The molecule has 0 N–H and O–H groups in total. The third-order valence-electron chi connectivity index (χ3n) is 6.33. The Morgan fingerprint density at radius 2 is 1.74 bits per heavy atom. The molecule has 0 radical (unpaired) electrons. The summed E-state index contributed by atoms with van der Waals surface area (Å²) < 4.78 is 45.9. The Kier molecular flexibility index (Phi) is 4.93. The van der Waals surface area contributed by atoms with E-state index in [1.54, 1.807) is 30.3 Å². The van der Waals surface area contributed by atoms with E-state index in [1.165, 1.54) is 0 Å². The van der Waals surface area contributed by atoms with E-state index in [1.807, 2.05) is 47.6 Å². The molecule has 1 saturated heterocycles. The molecule has 2 aromatic rings. The maximum absolute atomic E-state index is 13.8. The first-order valence-electron chi connectivity index (χ1n) is 10.7. The molecule has 2 heterocycles. The van der Waals surface area contributed by atoms with Crippen LogP contribution in [0.4, 0.5) is 0 Å². The molecule has 0 spiro atoms. The highest BCUT2D eigenvalue weighted by atomic mass is 32.2. The Morgan fingerprint density at radius 1 is 1.06 bits per heavy atom. The molecule has 2 aliphatic heterocycles. The number of rotatable bonds is 4. The molecule has 7 heteroatoms. The van der Waals surface area contributed by atoms with Gasteiger partial charge < -0.3 is 13.9 Å². The molecule has 0 aromatic heterocycles. The smallest absolute Gasteiger partial charge is 0.229 e. The molecule has 4 rings (SSSR count). The molecule has 5 nitrogen and oxygen atoms in total. The van der Waals surface area contributed by atoms with Gasteiger partial charge in [0.25, 0.3) is 0 Å². The second-order valence-corrected chi connectivity index (χ2v) is 14.7. The third kappa shape index (κ3) is 3.51. The minimum atomic E-state index is -3.77. The largest absolute Gasteiger partial charge is 0.547 e. The average molecular weight is 461 g/mol. The highest BCUT2D eigenvalue weighted by Crippen LogP contribution is 2.62. The van der Waals surface area contributed by atoms with E-state index in [9.17, 15) is 8.42 Å². The lowest BCUT2D eigenvalue weighted by Crippen LogP contribution is -2.45. The molecule has 0 amide bonds. The van der Waals surface area contributed by atoms with E-state index in [4.69, 9.17) is 13.9 Å². The van der Waals surface area contributed by atoms with E-state index in [2.05, 4.69) is 13.1 Å². The number of ether oxygens (including phenoxy) is 2. The van der Waals surface area contributed by atoms with Crippen LogP contribution in [-0.2, 0) is 20.0 Å². The van der Waals surface area contributed by atoms with Crippen LogP contribution in [0.1, 0.15) is 58.8 Å². The fourth-order valence-corrected chi connectivity index (χ4v) is 6.77. The number of hydrogen-bond donors (Lipinski definition) is 0. The first-order chi connectivity index (χ1) is 14.2. The zero-order valence-electron chi connectivity index (χ0n) is 19.6. The van der Waals surface area contributed by atoms with Crippen molar-refractivity contribution in [2.24, 2.45) is 0 Å². The second-order valence-electron chi connectivity index (χ2n) is 10.5. The molecular weight excluding hydrogens is 428 g/mol. The van der Waals surface area contributed by atoms with Gasteiger partial charge in [-0.2, -0.15) is 0 Å². The SMILES string of the molecule is C[SiH](C)Oc1cccc(S(=O)(=O)c2ccc3c(c2)[C@@H]2O[C@]2(C)C(C)(C)O3)c1C(C)(C)C. The van der Waals surface area contributed by atoms with E-state index >= 15 is 0 Å². The molecule has 0 bridgehead atoms. The lowest BCUT2D eigenvalue weighted by atomic mass is 9.84. The fraction of sp³-hybridized carbons (Fsp3) is 0.500. The summed E-state index contributed by atoms with van der Waals surface area (Å²) in [5.74, 6) is 1.35. The first-order valence-corrected chi connectivity index (χ1v) is 15.0. The van der Waals surface area contributed by atoms with Crippen LogP contribution in [0.2, 0.25) is 13.1 Å². The Bertz CT molecular complexity index is 1150. The predicted octanol–water partition coefficient (Wildman–Crippen LogP) is 5.18. The number of fused-ring (bicyclic) bond motifs is 3. The van der Waals surface area contributed by atoms with Gasteiger partial charge in [0.15, 0.2) is 0 Å². The summed E-state index contributed by atoms with van der Waals surface area (Å²) in [6, 6.07) is 10.4. The van der Waals surface area contributed by atoms with Gasteiger partial charge >= 0.3 is 0 Å². The molecule has 2 aliphatic rings. The summed E-state index contributed by atoms with van der Waals surface area (Å²) >= 11 is 0. The van der Waals surface area contributed by atoms with Crippen LogP contribution in [0, 0.1) is 0 Å². The lowest BCUT2D eigenvalue weighted by molar-refractivity contribution is 0.0241. The summed E-state index contributed by atoms with van der Waals surface area (Å²) in [4.78, 5) is 0.542. The highest BCUT2D eigenvalue weighted by Gasteiger charge is 2.67. The van der Waals surface area contributed by atoms with Gasteiger partial charge in [-0.3, -0.25) is 0 Å². The van der Waals surface area contributed by atoms with Crippen molar-refractivity contribution in [2.75, 3.05) is 0 Å². The van der Waals surface area contributed by atoms with Crippen LogP contribution < -0.4 is 9.16 Å². The van der Waals surface area contributed by atoms with Gasteiger partial charge in [-0.1, -0.05) is 26.8 Å². The van der Waals surface area contributed by atoms with Crippen LogP contribution >= 0.6 is 0 Å². The van der Waals surface area contributed by atoms with Crippen LogP contribution in [0.25, 0.3) is 0 Å². The molecule has 2 aromatic carbocycles. The standard InChI is InChI=1S/C24H32O5SSi/c1-22(2,3)20-18(29-31(7)8)10-9-11-19(20)30(25,26)15-12-13-17-16(14-15)21-24(6,28-21)23(4,5)27-17/h9-14,21,31H,1-8H3/t21-,24-/m0/s1. The molecule has 168 valence electrons.